The summed E-state index contributed by atoms with van der Waals surface area (Å²) < 4.78 is 22.0. The molecule has 10 atom stereocenters. The van der Waals surface area contributed by atoms with Crippen LogP contribution in [-0.2, 0) is 28.5 Å². The number of carbonyl (C=O) groups excluding carboxylic acids is 2. The lowest BCUT2D eigenvalue weighted by atomic mass is 9.84. The van der Waals surface area contributed by atoms with Crippen molar-refractivity contribution in [1.29, 1.82) is 0 Å². The number of ether oxygens (including phenoxy) is 4. The highest BCUT2D eigenvalue weighted by atomic mass is 16.7. The Morgan fingerprint density at radius 1 is 1.22 bits per heavy atom. The zero-order chi connectivity index (χ0) is 27.5. The minimum absolute atomic E-state index is 0.0263. The standard InChI is InChI=1S/C27H41NO9/c1-15(8-11-22-24(31)27(14-34-27)25(32)26(6,33)37-22)7-10-21-16(2)13-20(18(4)36-21)28-23(30)12-9-17(3)35-19(5)29/h7-9,11-12,16-18,20-22,24-25,31-33H,10,13-14H2,1-6H3,(H,28,30)/b11-8+,12-9-,15-7+/t16-,17+,18-,20+,21+,22+,24+,25-,26+,27-/m1/s1. The van der Waals surface area contributed by atoms with E-state index in [4.69, 9.17) is 18.9 Å². The number of aliphatic hydroxyl groups excluding tert-OH is 2. The first-order valence-corrected chi connectivity index (χ1v) is 12.8. The molecule has 3 saturated heterocycles. The van der Waals surface area contributed by atoms with Crippen LogP contribution in [0.4, 0.5) is 0 Å². The lowest BCUT2D eigenvalue weighted by molar-refractivity contribution is -0.321. The van der Waals surface area contributed by atoms with Crippen LogP contribution in [0.5, 0.6) is 0 Å². The van der Waals surface area contributed by atoms with E-state index in [2.05, 4.69) is 12.2 Å². The number of amides is 1. The van der Waals surface area contributed by atoms with Crippen LogP contribution in [0.3, 0.4) is 0 Å². The van der Waals surface area contributed by atoms with Crippen molar-refractivity contribution in [2.45, 2.75) is 108 Å². The summed E-state index contributed by atoms with van der Waals surface area (Å²) in [6, 6.07) is -0.137. The maximum atomic E-state index is 12.3. The highest BCUT2D eigenvalue weighted by Crippen LogP contribution is 2.45. The predicted octanol–water partition coefficient (Wildman–Crippen LogP) is 1.28. The molecule has 3 rings (SSSR count). The summed E-state index contributed by atoms with van der Waals surface area (Å²) in [6.45, 7) is 10.5. The van der Waals surface area contributed by atoms with E-state index >= 15 is 0 Å². The molecule has 3 aliphatic heterocycles. The number of epoxide rings is 1. The van der Waals surface area contributed by atoms with Crippen LogP contribution in [-0.4, -0.2) is 87.9 Å². The number of rotatable bonds is 8. The smallest absolute Gasteiger partial charge is 0.303 e. The number of carbonyl (C=O) groups is 2. The molecule has 0 aromatic rings. The summed E-state index contributed by atoms with van der Waals surface area (Å²) in [5, 5.41) is 34.2. The molecule has 0 aromatic carbocycles. The Bertz CT molecular complexity index is 923. The maximum Gasteiger partial charge on any atom is 0.303 e. The summed E-state index contributed by atoms with van der Waals surface area (Å²) in [7, 11) is 0. The highest BCUT2D eigenvalue weighted by molar-refractivity contribution is 5.87. The average Bonchev–Trinajstić information content (AvgIpc) is 3.61. The van der Waals surface area contributed by atoms with Crippen LogP contribution in [0, 0.1) is 5.92 Å². The van der Waals surface area contributed by atoms with Crippen LogP contribution < -0.4 is 5.32 Å². The molecule has 0 radical (unpaired) electrons. The third kappa shape index (κ3) is 7.28. The van der Waals surface area contributed by atoms with Crippen LogP contribution in [0.15, 0.2) is 36.0 Å². The summed E-state index contributed by atoms with van der Waals surface area (Å²) in [5.74, 6) is -2.29. The molecule has 4 N–H and O–H groups in total. The third-order valence-electron chi connectivity index (χ3n) is 7.27. The van der Waals surface area contributed by atoms with E-state index in [-0.39, 0.29) is 36.7 Å². The maximum absolute atomic E-state index is 12.3. The van der Waals surface area contributed by atoms with Gasteiger partial charge in [0.05, 0.1) is 24.9 Å². The van der Waals surface area contributed by atoms with Crippen molar-refractivity contribution >= 4 is 11.9 Å². The monoisotopic (exact) mass is 523 g/mol. The van der Waals surface area contributed by atoms with Gasteiger partial charge in [-0.3, -0.25) is 9.59 Å². The first-order valence-electron chi connectivity index (χ1n) is 12.8. The Balaban J connectivity index is 1.50. The summed E-state index contributed by atoms with van der Waals surface area (Å²) in [5.41, 5.74) is -0.267. The molecule has 3 heterocycles. The van der Waals surface area contributed by atoms with Crippen molar-refractivity contribution in [3.8, 4) is 0 Å². The normalized spacial score (nSPS) is 41.2. The van der Waals surface area contributed by atoms with Gasteiger partial charge in [-0.25, -0.2) is 0 Å². The van der Waals surface area contributed by atoms with Gasteiger partial charge in [-0.05, 0) is 52.5 Å². The summed E-state index contributed by atoms with van der Waals surface area (Å²) >= 11 is 0. The number of hydrogen-bond acceptors (Lipinski definition) is 9. The van der Waals surface area contributed by atoms with Gasteiger partial charge in [0.15, 0.2) is 11.4 Å². The molecule has 3 fully saturated rings. The molecule has 0 saturated carbocycles. The predicted molar refractivity (Wildman–Crippen MR) is 134 cm³/mol. The molecule has 1 spiro atoms. The zero-order valence-electron chi connectivity index (χ0n) is 22.4. The van der Waals surface area contributed by atoms with E-state index in [1.54, 1.807) is 19.1 Å². The van der Waals surface area contributed by atoms with Gasteiger partial charge < -0.3 is 39.6 Å². The second kappa shape index (κ2) is 11.8. The lowest BCUT2D eigenvalue weighted by Crippen LogP contribution is -2.65. The van der Waals surface area contributed by atoms with Gasteiger partial charge in [0.2, 0.25) is 5.91 Å². The van der Waals surface area contributed by atoms with E-state index in [9.17, 15) is 24.9 Å². The molecule has 37 heavy (non-hydrogen) atoms. The largest absolute Gasteiger partial charge is 0.459 e. The van der Waals surface area contributed by atoms with Crippen molar-refractivity contribution in [2.75, 3.05) is 6.61 Å². The van der Waals surface area contributed by atoms with Gasteiger partial charge in [-0.2, -0.15) is 0 Å². The van der Waals surface area contributed by atoms with Crippen molar-refractivity contribution in [3.63, 3.8) is 0 Å². The van der Waals surface area contributed by atoms with Gasteiger partial charge in [0.25, 0.3) is 0 Å². The number of nitrogens with one attached hydrogen (secondary N) is 1. The van der Waals surface area contributed by atoms with Crippen LogP contribution >= 0.6 is 0 Å². The van der Waals surface area contributed by atoms with E-state index in [1.807, 2.05) is 19.9 Å². The molecular weight excluding hydrogens is 482 g/mol. The molecule has 10 nitrogen and oxygen atoms in total. The van der Waals surface area contributed by atoms with Crippen molar-refractivity contribution in [2.24, 2.45) is 5.92 Å². The first-order chi connectivity index (χ1) is 17.2. The second-order valence-electron chi connectivity index (χ2n) is 10.7. The zero-order valence-corrected chi connectivity index (χ0v) is 22.4. The van der Waals surface area contributed by atoms with Crippen molar-refractivity contribution in [3.05, 3.63) is 36.0 Å². The number of esters is 1. The molecule has 1 amide bonds. The molecule has 0 bridgehead atoms. The minimum Gasteiger partial charge on any atom is -0.459 e. The Morgan fingerprint density at radius 2 is 1.89 bits per heavy atom. The number of aliphatic hydroxyl groups is 3. The summed E-state index contributed by atoms with van der Waals surface area (Å²) in [6.07, 6.45) is 5.90. The fraction of sp³-hybridized carbons (Fsp3) is 0.704. The van der Waals surface area contributed by atoms with Gasteiger partial charge >= 0.3 is 5.97 Å². The number of hydrogen-bond donors (Lipinski definition) is 4. The highest BCUT2D eigenvalue weighted by Gasteiger charge is 2.68. The van der Waals surface area contributed by atoms with E-state index in [0.29, 0.717) is 6.42 Å². The van der Waals surface area contributed by atoms with E-state index in [0.717, 1.165) is 12.0 Å². The third-order valence-corrected chi connectivity index (χ3v) is 7.27. The van der Waals surface area contributed by atoms with Crippen LogP contribution in [0.2, 0.25) is 0 Å². The minimum atomic E-state index is -1.83. The molecule has 208 valence electrons. The quantitative estimate of drug-likeness (QED) is 0.160. The Hall–Kier alpha value is -2.08. The SMILES string of the molecule is CC(=O)O[C@@H](C)/C=C\C(=O)N[C@H]1C[C@@H](C)[C@H](C/C=C(C)/C=C/[C@@H]2O[C@](C)(O)[C@@H](O)[C@@]3(CO3)[C@H]2O)O[C@@H]1C. The van der Waals surface area contributed by atoms with E-state index < -0.39 is 41.8 Å². The fourth-order valence-corrected chi connectivity index (χ4v) is 4.94. The van der Waals surface area contributed by atoms with Crippen molar-refractivity contribution < 1.29 is 43.9 Å². The van der Waals surface area contributed by atoms with Gasteiger partial charge in [0, 0.05) is 13.0 Å². The lowest BCUT2D eigenvalue weighted by Gasteiger charge is -2.44. The number of allylic oxidation sites excluding steroid dienone is 2. The average molecular weight is 524 g/mol. The van der Waals surface area contributed by atoms with Crippen LogP contribution in [0.1, 0.15) is 54.4 Å². The Kier molecular flexibility index (Phi) is 9.36. The second-order valence-corrected chi connectivity index (χ2v) is 10.7. The van der Waals surface area contributed by atoms with Gasteiger partial charge in [-0.15, -0.1) is 0 Å². The Morgan fingerprint density at radius 3 is 2.51 bits per heavy atom. The molecule has 10 heteroatoms. The van der Waals surface area contributed by atoms with Gasteiger partial charge in [0.1, 0.15) is 24.4 Å². The van der Waals surface area contributed by atoms with Crippen LogP contribution in [0.25, 0.3) is 0 Å². The summed E-state index contributed by atoms with van der Waals surface area (Å²) in [4.78, 5) is 23.3. The molecule has 0 unspecified atom stereocenters. The Labute approximate surface area is 218 Å². The first kappa shape index (κ1) is 29.5. The van der Waals surface area contributed by atoms with Crippen molar-refractivity contribution in [1.82, 2.24) is 5.32 Å². The van der Waals surface area contributed by atoms with Gasteiger partial charge in [-0.1, -0.05) is 30.7 Å². The molecule has 3 aliphatic rings. The van der Waals surface area contributed by atoms with E-state index in [1.165, 1.54) is 26.0 Å². The topological polar surface area (TPSA) is 147 Å². The molecular formula is C27H41NO9. The molecule has 0 aliphatic carbocycles. The fourth-order valence-electron chi connectivity index (χ4n) is 4.94. The molecule has 0 aromatic heterocycles.